The number of aryl methyl sites for hydroxylation is 3. The third-order valence-electron chi connectivity index (χ3n) is 5.11. The Bertz CT molecular complexity index is 1280. The van der Waals surface area contributed by atoms with E-state index in [9.17, 15) is 10.1 Å². The van der Waals surface area contributed by atoms with Gasteiger partial charge in [-0.2, -0.15) is 5.26 Å². The molecule has 0 atom stereocenters. The number of hydrogen-bond donors (Lipinski definition) is 1. The lowest BCUT2D eigenvalue weighted by atomic mass is 10.1. The summed E-state index contributed by atoms with van der Waals surface area (Å²) in [5.41, 5.74) is 5.25. The van der Waals surface area contributed by atoms with E-state index in [1.54, 1.807) is 12.1 Å². The Balaban J connectivity index is 1.86. The highest BCUT2D eigenvalue weighted by Crippen LogP contribution is 2.38. The lowest BCUT2D eigenvalue weighted by Crippen LogP contribution is -2.14. The Morgan fingerprint density at radius 1 is 1.06 bits per heavy atom. The first-order chi connectivity index (χ1) is 16.3. The molecular weight excluding hydrogens is 448 g/mol. The van der Waals surface area contributed by atoms with Crippen LogP contribution < -0.4 is 14.8 Å². The van der Waals surface area contributed by atoms with Gasteiger partial charge in [0.2, 0.25) is 0 Å². The van der Waals surface area contributed by atoms with Gasteiger partial charge in [-0.3, -0.25) is 4.79 Å². The highest BCUT2D eigenvalue weighted by atomic mass is 35.5. The SMILES string of the molecule is CCOc1cc(/C=C(\C#N)C(=O)Nc2cc(C)ccc2C)cc(Cl)c1OCc1cccc(C)c1. The minimum absolute atomic E-state index is 0.0483. The quantitative estimate of drug-likeness (QED) is 0.288. The van der Waals surface area contributed by atoms with Crippen LogP contribution in [0.1, 0.15) is 34.7 Å². The number of ether oxygens (including phenoxy) is 2. The number of carbonyl (C=O) groups is 1. The molecule has 0 spiro atoms. The van der Waals surface area contributed by atoms with Crippen LogP contribution in [0.5, 0.6) is 11.5 Å². The predicted molar refractivity (Wildman–Crippen MR) is 136 cm³/mol. The van der Waals surface area contributed by atoms with Gasteiger partial charge in [0.05, 0.1) is 11.6 Å². The normalized spacial score (nSPS) is 11.0. The van der Waals surface area contributed by atoms with Crippen molar-refractivity contribution < 1.29 is 14.3 Å². The summed E-state index contributed by atoms with van der Waals surface area (Å²) in [6.07, 6.45) is 1.49. The lowest BCUT2D eigenvalue weighted by molar-refractivity contribution is -0.112. The van der Waals surface area contributed by atoms with Gasteiger partial charge in [-0.15, -0.1) is 0 Å². The molecule has 0 saturated carbocycles. The minimum atomic E-state index is -0.495. The summed E-state index contributed by atoms with van der Waals surface area (Å²) >= 11 is 6.52. The molecule has 3 aromatic rings. The number of nitriles is 1. The first kappa shape index (κ1) is 24.9. The molecule has 174 valence electrons. The summed E-state index contributed by atoms with van der Waals surface area (Å²) < 4.78 is 11.7. The van der Waals surface area contributed by atoms with Crippen molar-refractivity contribution in [2.75, 3.05) is 11.9 Å². The standard InChI is InChI=1S/C28H27ClN2O3/c1-5-33-26-15-22(14-24(29)27(26)34-17-21-8-6-7-18(2)11-21)13-23(16-30)28(32)31-25-12-19(3)9-10-20(25)4/h6-15H,5,17H2,1-4H3,(H,31,32)/b23-13+. The second-order valence-corrected chi connectivity index (χ2v) is 8.39. The highest BCUT2D eigenvalue weighted by Gasteiger charge is 2.15. The minimum Gasteiger partial charge on any atom is -0.490 e. The Labute approximate surface area is 205 Å². The van der Waals surface area contributed by atoms with Crippen molar-refractivity contribution in [1.29, 1.82) is 5.26 Å². The topological polar surface area (TPSA) is 71.3 Å². The lowest BCUT2D eigenvalue weighted by Gasteiger charge is -2.15. The summed E-state index contributed by atoms with van der Waals surface area (Å²) in [6.45, 7) is 8.46. The summed E-state index contributed by atoms with van der Waals surface area (Å²) in [7, 11) is 0. The van der Waals surface area contributed by atoms with Gasteiger partial charge in [0.25, 0.3) is 5.91 Å². The molecule has 0 aliphatic rings. The number of benzene rings is 3. The van der Waals surface area contributed by atoms with Gasteiger partial charge < -0.3 is 14.8 Å². The maximum atomic E-state index is 12.8. The molecule has 3 rings (SSSR count). The number of amides is 1. The Morgan fingerprint density at radius 2 is 1.82 bits per heavy atom. The van der Waals surface area contributed by atoms with E-state index in [1.165, 1.54) is 6.08 Å². The number of halogens is 1. The third kappa shape index (κ3) is 6.40. The summed E-state index contributed by atoms with van der Waals surface area (Å²) in [5, 5.41) is 12.8. The van der Waals surface area contributed by atoms with Crippen LogP contribution in [-0.2, 0) is 11.4 Å². The molecule has 0 aliphatic carbocycles. The molecule has 1 amide bonds. The monoisotopic (exact) mass is 474 g/mol. The van der Waals surface area contributed by atoms with E-state index in [0.717, 1.165) is 22.3 Å². The maximum absolute atomic E-state index is 12.8. The van der Waals surface area contributed by atoms with Crippen LogP contribution in [0, 0.1) is 32.1 Å². The first-order valence-electron chi connectivity index (χ1n) is 11.0. The molecule has 0 unspecified atom stereocenters. The molecule has 0 radical (unpaired) electrons. The van der Waals surface area contributed by atoms with Crippen LogP contribution in [-0.4, -0.2) is 12.5 Å². The number of nitrogens with one attached hydrogen (secondary N) is 1. The average molecular weight is 475 g/mol. The molecule has 3 aromatic carbocycles. The molecule has 0 aliphatic heterocycles. The average Bonchev–Trinajstić information content (AvgIpc) is 2.79. The number of hydrogen-bond acceptors (Lipinski definition) is 4. The molecular formula is C28H27ClN2O3. The highest BCUT2D eigenvalue weighted by molar-refractivity contribution is 6.32. The van der Waals surface area contributed by atoms with Gasteiger partial charge >= 0.3 is 0 Å². The number of anilines is 1. The molecule has 0 heterocycles. The van der Waals surface area contributed by atoms with E-state index in [-0.39, 0.29) is 5.57 Å². The van der Waals surface area contributed by atoms with Crippen LogP contribution >= 0.6 is 11.6 Å². The zero-order valence-corrected chi connectivity index (χ0v) is 20.5. The van der Waals surface area contributed by atoms with Crippen LogP contribution in [0.15, 0.2) is 60.2 Å². The van der Waals surface area contributed by atoms with Crippen LogP contribution in [0.4, 0.5) is 5.69 Å². The fraction of sp³-hybridized carbons (Fsp3) is 0.214. The molecule has 0 saturated heterocycles. The zero-order chi connectivity index (χ0) is 24.7. The zero-order valence-electron chi connectivity index (χ0n) is 19.7. The van der Waals surface area contributed by atoms with Crippen LogP contribution in [0.25, 0.3) is 6.08 Å². The van der Waals surface area contributed by atoms with E-state index < -0.39 is 5.91 Å². The fourth-order valence-electron chi connectivity index (χ4n) is 3.41. The Kier molecular flexibility index (Phi) is 8.34. The summed E-state index contributed by atoms with van der Waals surface area (Å²) in [6, 6.07) is 19.1. The summed E-state index contributed by atoms with van der Waals surface area (Å²) in [5.74, 6) is 0.367. The number of nitrogens with zero attached hydrogens (tertiary/aromatic N) is 1. The Morgan fingerprint density at radius 3 is 2.53 bits per heavy atom. The second kappa shape index (κ2) is 11.4. The van der Waals surface area contributed by atoms with Crippen molar-refractivity contribution >= 4 is 29.3 Å². The van der Waals surface area contributed by atoms with Gasteiger partial charge in [0.1, 0.15) is 18.2 Å². The molecule has 0 bridgehead atoms. The largest absolute Gasteiger partial charge is 0.490 e. The number of carbonyl (C=O) groups excluding carboxylic acids is 1. The van der Waals surface area contributed by atoms with Gasteiger partial charge in [0.15, 0.2) is 11.5 Å². The predicted octanol–water partition coefficient (Wildman–Crippen LogP) is 6.79. The van der Waals surface area contributed by atoms with Crippen molar-refractivity contribution in [3.05, 3.63) is 93.0 Å². The van der Waals surface area contributed by atoms with Crippen molar-refractivity contribution in [2.45, 2.75) is 34.3 Å². The molecule has 0 fully saturated rings. The van der Waals surface area contributed by atoms with Gasteiger partial charge in [-0.05, 0) is 74.2 Å². The maximum Gasteiger partial charge on any atom is 0.266 e. The van der Waals surface area contributed by atoms with E-state index in [2.05, 4.69) is 5.32 Å². The van der Waals surface area contributed by atoms with Gasteiger partial charge in [0, 0.05) is 5.69 Å². The molecule has 34 heavy (non-hydrogen) atoms. The second-order valence-electron chi connectivity index (χ2n) is 7.98. The van der Waals surface area contributed by atoms with Crippen molar-refractivity contribution in [3.63, 3.8) is 0 Å². The van der Waals surface area contributed by atoms with Crippen LogP contribution in [0.2, 0.25) is 5.02 Å². The van der Waals surface area contributed by atoms with E-state index in [1.807, 2.05) is 76.2 Å². The molecule has 0 aromatic heterocycles. The first-order valence-corrected chi connectivity index (χ1v) is 11.3. The van der Waals surface area contributed by atoms with Crippen molar-refractivity contribution in [3.8, 4) is 17.6 Å². The van der Waals surface area contributed by atoms with E-state index in [0.29, 0.717) is 41.0 Å². The Hall–Kier alpha value is -3.75. The summed E-state index contributed by atoms with van der Waals surface area (Å²) in [4.78, 5) is 12.8. The van der Waals surface area contributed by atoms with Crippen molar-refractivity contribution in [1.82, 2.24) is 0 Å². The molecule has 5 nitrogen and oxygen atoms in total. The third-order valence-corrected chi connectivity index (χ3v) is 5.40. The molecule has 6 heteroatoms. The fourth-order valence-corrected chi connectivity index (χ4v) is 3.68. The van der Waals surface area contributed by atoms with E-state index in [4.69, 9.17) is 21.1 Å². The van der Waals surface area contributed by atoms with E-state index >= 15 is 0 Å². The van der Waals surface area contributed by atoms with Crippen molar-refractivity contribution in [2.24, 2.45) is 0 Å². The molecule has 1 N–H and O–H groups in total. The van der Waals surface area contributed by atoms with Gasteiger partial charge in [-0.25, -0.2) is 0 Å². The van der Waals surface area contributed by atoms with Crippen LogP contribution in [0.3, 0.4) is 0 Å². The smallest absolute Gasteiger partial charge is 0.266 e. The number of rotatable bonds is 8. The van der Waals surface area contributed by atoms with Gasteiger partial charge in [-0.1, -0.05) is 53.6 Å².